The van der Waals surface area contributed by atoms with Gasteiger partial charge in [0, 0.05) is 29.3 Å². The Kier molecular flexibility index (Phi) is 5.16. The molecule has 1 rings (SSSR count). The van der Waals surface area contributed by atoms with E-state index in [-0.39, 0.29) is 22.8 Å². The first-order valence-electron chi connectivity index (χ1n) is 6.69. The lowest BCUT2D eigenvalue weighted by molar-refractivity contribution is -0.122. The van der Waals surface area contributed by atoms with Crippen LogP contribution in [0.3, 0.4) is 0 Å². The lowest BCUT2D eigenvalue weighted by Gasteiger charge is -2.28. The molecule has 1 heterocycles. The molecular formula is C15H26N2OS. The molecule has 0 aliphatic heterocycles. The van der Waals surface area contributed by atoms with Crippen LogP contribution in [-0.2, 0) is 10.2 Å². The molecule has 0 aliphatic carbocycles. The van der Waals surface area contributed by atoms with Crippen molar-refractivity contribution in [3.05, 3.63) is 22.4 Å². The van der Waals surface area contributed by atoms with Crippen molar-refractivity contribution in [1.82, 2.24) is 5.32 Å². The van der Waals surface area contributed by atoms with Crippen LogP contribution in [0.5, 0.6) is 0 Å². The van der Waals surface area contributed by atoms with Gasteiger partial charge < -0.3 is 11.1 Å². The Morgan fingerprint density at radius 2 is 2.00 bits per heavy atom. The fourth-order valence-corrected chi connectivity index (χ4v) is 2.50. The fourth-order valence-electron chi connectivity index (χ4n) is 1.65. The van der Waals surface area contributed by atoms with Gasteiger partial charge in [-0.15, -0.1) is 11.3 Å². The van der Waals surface area contributed by atoms with Gasteiger partial charge in [-0.1, -0.05) is 40.7 Å². The molecule has 0 spiro atoms. The van der Waals surface area contributed by atoms with Gasteiger partial charge in [-0.3, -0.25) is 4.79 Å². The highest BCUT2D eigenvalue weighted by atomic mass is 32.1. The first-order chi connectivity index (χ1) is 8.63. The third kappa shape index (κ3) is 4.96. The predicted octanol–water partition coefficient (Wildman–Crippen LogP) is 2.91. The lowest BCUT2D eigenvalue weighted by atomic mass is 9.85. The number of nitrogens with one attached hydrogen (secondary N) is 1. The molecule has 1 amide bonds. The molecule has 1 aromatic heterocycles. The van der Waals surface area contributed by atoms with Gasteiger partial charge in [0.1, 0.15) is 0 Å². The Morgan fingerprint density at radius 1 is 1.37 bits per heavy atom. The van der Waals surface area contributed by atoms with Gasteiger partial charge in [0.2, 0.25) is 5.91 Å². The van der Waals surface area contributed by atoms with Crippen LogP contribution in [-0.4, -0.2) is 18.5 Å². The molecule has 3 N–H and O–H groups in total. The Morgan fingerprint density at radius 3 is 2.47 bits per heavy atom. The molecule has 4 heteroatoms. The molecule has 0 saturated carbocycles. The second-order valence-electron chi connectivity index (χ2n) is 6.81. The summed E-state index contributed by atoms with van der Waals surface area (Å²) in [7, 11) is 0. The summed E-state index contributed by atoms with van der Waals surface area (Å²) in [4.78, 5) is 13.2. The average Bonchev–Trinajstić information content (AvgIpc) is 2.79. The van der Waals surface area contributed by atoms with Crippen molar-refractivity contribution in [3.8, 4) is 0 Å². The Hall–Kier alpha value is -0.870. The number of hydrogen-bond acceptors (Lipinski definition) is 3. The summed E-state index contributed by atoms with van der Waals surface area (Å²) in [5.74, 6) is 0.0343. The van der Waals surface area contributed by atoms with Crippen molar-refractivity contribution in [2.45, 2.75) is 52.5 Å². The summed E-state index contributed by atoms with van der Waals surface area (Å²) >= 11 is 1.72. The molecule has 0 fully saturated rings. The van der Waals surface area contributed by atoms with E-state index in [9.17, 15) is 4.79 Å². The number of rotatable bonds is 5. The predicted molar refractivity (Wildman–Crippen MR) is 82.4 cm³/mol. The molecule has 3 nitrogen and oxygen atoms in total. The van der Waals surface area contributed by atoms with E-state index >= 15 is 0 Å². The van der Waals surface area contributed by atoms with E-state index in [1.54, 1.807) is 11.3 Å². The molecule has 1 aromatic rings. The van der Waals surface area contributed by atoms with Gasteiger partial charge in [0.05, 0.1) is 0 Å². The number of nitrogens with two attached hydrogens (primary N) is 1. The smallest absolute Gasteiger partial charge is 0.221 e. The summed E-state index contributed by atoms with van der Waals surface area (Å²) in [6.45, 7) is 11.1. The van der Waals surface area contributed by atoms with E-state index in [2.05, 4.69) is 51.4 Å². The second-order valence-corrected chi connectivity index (χ2v) is 7.76. The fraction of sp³-hybridized carbons (Fsp3) is 0.667. The van der Waals surface area contributed by atoms with Crippen LogP contribution in [0.25, 0.3) is 0 Å². The van der Waals surface area contributed by atoms with Crippen molar-refractivity contribution in [2.24, 2.45) is 11.1 Å². The normalized spacial score (nSPS) is 14.2. The van der Waals surface area contributed by atoms with Crippen molar-refractivity contribution in [2.75, 3.05) is 6.54 Å². The number of carbonyl (C=O) groups excluding carboxylic acids is 1. The topological polar surface area (TPSA) is 55.1 Å². The molecule has 0 aliphatic rings. The first kappa shape index (κ1) is 16.2. The molecular weight excluding hydrogens is 256 g/mol. The molecule has 0 radical (unpaired) electrons. The van der Waals surface area contributed by atoms with Crippen molar-refractivity contribution in [1.29, 1.82) is 0 Å². The van der Waals surface area contributed by atoms with Gasteiger partial charge in [0.25, 0.3) is 0 Å². The van der Waals surface area contributed by atoms with Crippen LogP contribution >= 0.6 is 11.3 Å². The number of hydrogen-bond donors (Lipinski definition) is 2. The SMILES string of the molecule is CC(C)(CNC(=O)CC(N)C(C)(C)C)c1cccs1. The third-order valence-electron chi connectivity index (χ3n) is 3.43. The minimum absolute atomic E-state index is 0.0321. The quantitative estimate of drug-likeness (QED) is 0.872. The highest BCUT2D eigenvalue weighted by Crippen LogP contribution is 2.26. The summed E-state index contributed by atoms with van der Waals surface area (Å²) in [5.41, 5.74) is 5.95. The molecule has 108 valence electrons. The summed E-state index contributed by atoms with van der Waals surface area (Å²) in [6.07, 6.45) is 0.379. The van der Waals surface area contributed by atoms with E-state index in [0.29, 0.717) is 13.0 Å². The van der Waals surface area contributed by atoms with E-state index in [1.165, 1.54) is 4.88 Å². The minimum atomic E-state index is -0.114. The first-order valence-corrected chi connectivity index (χ1v) is 7.57. The number of amides is 1. The maximum Gasteiger partial charge on any atom is 0.221 e. The highest BCUT2D eigenvalue weighted by Gasteiger charge is 2.25. The maximum absolute atomic E-state index is 11.9. The summed E-state index contributed by atoms with van der Waals surface area (Å²) in [6, 6.07) is 4.04. The molecule has 1 atom stereocenters. The minimum Gasteiger partial charge on any atom is -0.355 e. The molecule has 0 bridgehead atoms. The highest BCUT2D eigenvalue weighted by molar-refractivity contribution is 7.10. The Bertz CT molecular complexity index is 404. The summed E-state index contributed by atoms with van der Waals surface area (Å²) in [5, 5.41) is 5.07. The zero-order chi connectivity index (χ0) is 14.7. The number of carbonyl (C=O) groups is 1. The van der Waals surface area contributed by atoms with Crippen LogP contribution in [0.1, 0.15) is 45.9 Å². The molecule has 0 aromatic carbocycles. The number of thiophene rings is 1. The Labute approximate surface area is 120 Å². The van der Waals surface area contributed by atoms with Crippen molar-refractivity contribution in [3.63, 3.8) is 0 Å². The van der Waals surface area contributed by atoms with Crippen LogP contribution in [0.15, 0.2) is 17.5 Å². The van der Waals surface area contributed by atoms with Gasteiger partial charge in [-0.05, 0) is 16.9 Å². The van der Waals surface area contributed by atoms with Crippen LogP contribution in [0.2, 0.25) is 0 Å². The standard InChI is InChI=1S/C15H26N2OS/c1-14(2,3)11(16)9-13(18)17-10-15(4,5)12-7-6-8-19-12/h6-8,11H,9-10,16H2,1-5H3,(H,17,18). The monoisotopic (exact) mass is 282 g/mol. The lowest BCUT2D eigenvalue weighted by Crippen LogP contribution is -2.42. The van der Waals surface area contributed by atoms with Crippen LogP contribution in [0, 0.1) is 5.41 Å². The molecule has 0 saturated heterocycles. The zero-order valence-electron chi connectivity index (χ0n) is 12.6. The van der Waals surface area contributed by atoms with Crippen molar-refractivity contribution < 1.29 is 4.79 Å². The van der Waals surface area contributed by atoms with Gasteiger partial charge in [-0.2, -0.15) is 0 Å². The van der Waals surface area contributed by atoms with E-state index in [0.717, 1.165) is 0 Å². The van der Waals surface area contributed by atoms with Gasteiger partial charge >= 0.3 is 0 Å². The van der Waals surface area contributed by atoms with E-state index in [1.807, 2.05) is 6.07 Å². The van der Waals surface area contributed by atoms with Crippen LogP contribution < -0.4 is 11.1 Å². The van der Waals surface area contributed by atoms with E-state index in [4.69, 9.17) is 5.73 Å². The van der Waals surface area contributed by atoms with Gasteiger partial charge in [-0.25, -0.2) is 0 Å². The molecule has 19 heavy (non-hydrogen) atoms. The summed E-state index contributed by atoms with van der Waals surface area (Å²) < 4.78 is 0. The largest absolute Gasteiger partial charge is 0.355 e. The molecule has 1 unspecified atom stereocenters. The van der Waals surface area contributed by atoms with Gasteiger partial charge in [0.15, 0.2) is 0 Å². The van der Waals surface area contributed by atoms with E-state index < -0.39 is 0 Å². The van der Waals surface area contributed by atoms with Crippen molar-refractivity contribution >= 4 is 17.2 Å². The zero-order valence-corrected chi connectivity index (χ0v) is 13.4. The average molecular weight is 282 g/mol. The third-order valence-corrected chi connectivity index (χ3v) is 4.67. The van der Waals surface area contributed by atoms with Crippen LogP contribution in [0.4, 0.5) is 0 Å². The Balaban J connectivity index is 2.47. The maximum atomic E-state index is 11.9. The second kappa shape index (κ2) is 6.06.